The van der Waals surface area contributed by atoms with Crippen molar-refractivity contribution in [1.82, 2.24) is 4.98 Å². The summed E-state index contributed by atoms with van der Waals surface area (Å²) in [6.45, 7) is 0. The lowest BCUT2D eigenvalue weighted by atomic mass is 9.94. The number of nitrogens with one attached hydrogen (secondary N) is 1. The average molecular weight is 402 g/mol. The van der Waals surface area contributed by atoms with Crippen LogP contribution in [0.4, 0.5) is 5.82 Å². The predicted octanol–water partition coefficient (Wildman–Crippen LogP) is 4.00. The number of para-hydroxylation sites is 1. The highest BCUT2D eigenvalue weighted by molar-refractivity contribution is 6.10. The molecule has 0 spiro atoms. The monoisotopic (exact) mass is 402 g/mol. The zero-order valence-electron chi connectivity index (χ0n) is 16.8. The van der Waals surface area contributed by atoms with Gasteiger partial charge < -0.3 is 14.8 Å². The van der Waals surface area contributed by atoms with E-state index in [-0.39, 0.29) is 11.7 Å². The van der Waals surface area contributed by atoms with Crippen molar-refractivity contribution in [3.63, 3.8) is 0 Å². The molecule has 2 aromatic carbocycles. The minimum absolute atomic E-state index is 0.105. The van der Waals surface area contributed by atoms with Gasteiger partial charge in [-0.25, -0.2) is 4.98 Å². The third-order valence-electron chi connectivity index (χ3n) is 5.43. The van der Waals surface area contributed by atoms with Gasteiger partial charge >= 0.3 is 0 Å². The molecule has 0 radical (unpaired) electrons. The summed E-state index contributed by atoms with van der Waals surface area (Å²) in [5, 5.41) is 2.88. The van der Waals surface area contributed by atoms with Gasteiger partial charge in [-0.1, -0.05) is 24.3 Å². The van der Waals surface area contributed by atoms with Crippen LogP contribution < -0.4 is 14.8 Å². The fourth-order valence-electron chi connectivity index (χ4n) is 3.52. The first-order chi connectivity index (χ1) is 14.6. The van der Waals surface area contributed by atoms with Crippen LogP contribution in [-0.2, 0) is 10.2 Å². The average Bonchev–Trinajstić information content (AvgIpc) is 3.61. The van der Waals surface area contributed by atoms with E-state index < -0.39 is 5.41 Å². The van der Waals surface area contributed by atoms with Crippen LogP contribution in [0.3, 0.4) is 0 Å². The number of amides is 1. The normalized spacial score (nSPS) is 13.9. The molecule has 3 aromatic rings. The topological polar surface area (TPSA) is 77.5 Å². The highest BCUT2D eigenvalue weighted by Crippen LogP contribution is 2.49. The number of aromatic nitrogens is 1. The summed E-state index contributed by atoms with van der Waals surface area (Å²) in [4.78, 5) is 30.0. The van der Waals surface area contributed by atoms with Crippen molar-refractivity contribution in [3.05, 3.63) is 83.6 Å². The van der Waals surface area contributed by atoms with Crippen molar-refractivity contribution in [3.8, 4) is 11.5 Å². The van der Waals surface area contributed by atoms with Crippen LogP contribution in [0, 0.1) is 0 Å². The smallest absolute Gasteiger partial charge is 0.236 e. The van der Waals surface area contributed by atoms with Crippen LogP contribution in [0.2, 0.25) is 0 Å². The summed E-state index contributed by atoms with van der Waals surface area (Å²) < 4.78 is 10.5. The summed E-state index contributed by atoms with van der Waals surface area (Å²) in [5.41, 5.74) is 1.27. The van der Waals surface area contributed by atoms with Crippen molar-refractivity contribution in [1.29, 1.82) is 0 Å². The SMILES string of the molecule is COc1cccc(C2(C(=O)Nc3ccc(C(=O)c4ccccc4OC)cn3)CC2)c1. The summed E-state index contributed by atoms with van der Waals surface area (Å²) in [7, 11) is 3.13. The molecule has 0 saturated heterocycles. The molecule has 1 fully saturated rings. The summed E-state index contributed by atoms with van der Waals surface area (Å²) >= 11 is 0. The van der Waals surface area contributed by atoms with Gasteiger partial charge in [-0.05, 0) is 54.8 Å². The number of hydrogen-bond donors (Lipinski definition) is 1. The van der Waals surface area contributed by atoms with Crippen molar-refractivity contribution in [2.24, 2.45) is 0 Å². The number of ether oxygens (including phenoxy) is 2. The Morgan fingerprint density at radius 3 is 2.43 bits per heavy atom. The van der Waals surface area contributed by atoms with Crippen molar-refractivity contribution >= 4 is 17.5 Å². The first-order valence-corrected chi connectivity index (χ1v) is 9.67. The summed E-state index contributed by atoms with van der Waals surface area (Å²) in [6.07, 6.45) is 3.02. The number of rotatable bonds is 7. The highest BCUT2D eigenvalue weighted by atomic mass is 16.5. The second-order valence-electron chi connectivity index (χ2n) is 7.23. The Hall–Kier alpha value is -3.67. The molecule has 1 amide bonds. The molecule has 0 bridgehead atoms. The molecule has 152 valence electrons. The Bertz CT molecular complexity index is 1090. The molecule has 30 heavy (non-hydrogen) atoms. The van der Waals surface area contributed by atoms with Crippen LogP contribution in [0.1, 0.15) is 34.3 Å². The van der Waals surface area contributed by atoms with E-state index in [1.54, 1.807) is 37.4 Å². The Kier molecular flexibility index (Phi) is 5.23. The molecule has 1 aromatic heterocycles. The van der Waals surface area contributed by atoms with Crippen LogP contribution in [0.25, 0.3) is 0 Å². The molecule has 1 heterocycles. The van der Waals surface area contributed by atoms with Gasteiger partial charge in [0.1, 0.15) is 17.3 Å². The fraction of sp³-hybridized carbons (Fsp3) is 0.208. The van der Waals surface area contributed by atoms with Gasteiger partial charge in [-0.15, -0.1) is 0 Å². The lowest BCUT2D eigenvalue weighted by Crippen LogP contribution is -2.28. The molecular weight excluding hydrogens is 380 g/mol. The number of carbonyl (C=O) groups is 2. The van der Waals surface area contributed by atoms with Gasteiger partial charge in [0.2, 0.25) is 5.91 Å². The van der Waals surface area contributed by atoms with E-state index in [2.05, 4.69) is 10.3 Å². The summed E-state index contributed by atoms with van der Waals surface area (Å²) in [6, 6.07) is 17.9. The van der Waals surface area contributed by atoms with E-state index in [0.717, 1.165) is 24.2 Å². The Morgan fingerprint density at radius 1 is 0.967 bits per heavy atom. The molecule has 4 rings (SSSR count). The highest BCUT2D eigenvalue weighted by Gasteiger charge is 2.51. The van der Waals surface area contributed by atoms with Crippen molar-refractivity contribution in [2.75, 3.05) is 19.5 Å². The Morgan fingerprint density at radius 2 is 1.77 bits per heavy atom. The molecule has 6 heteroatoms. The van der Waals surface area contributed by atoms with Gasteiger partial charge in [0, 0.05) is 11.8 Å². The first-order valence-electron chi connectivity index (χ1n) is 9.67. The van der Waals surface area contributed by atoms with Gasteiger partial charge in [0.15, 0.2) is 5.78 Å². The maximum Gasteiger partial charge on any atom is 0.236 e. The number of benzene rings is 2. The number of carbonyl (C=O) groups excluding carboxylic acids is 2. The number of pyridine rings is 1. The van der Waals surface area contributed by atoms with E-state index >= 15 is 0 Å². The van der Waals surface area contributed by atoms with Crippen LogP contribution in [-0.4, -0.2) is 30.9 Å². The zero-order valence-corrected chi connectivity index (χ0v) is 16.8. The van der Waals surface area contributed by atoms with Crippen molar-refractivity contribution < 1.29 is 19.1 Å². The van der Waals surface area contributed by atoms with Crippen LogP contribution >= 0.6 is 0 Å². The zero-order chi connectivity index (χ0) is 21.1. The lowest BCUT2D eigenvalue weighted by molar-refractivity contribution is -0.118. The quantitative estimate of drug-likeness (QED) is 0.605. The molecule has 0 aliphatic heterocycles. The molecule has 0 unspecified atom stereocenters. The van der Waals surface area contributed by atoms with Crippen molar-refractivity contribution in [2.45, 2.75) is 18.3 Å². The van der Waals surface area contributed by atoms with E-state index in [1.807, 2.05) is 30.3 Å². The summed E-state index contributed by atoms with van der Waals surface area (Å²) in [5.74, 6) is 1.35. The number of hydrogen-bond acceptors (Lipinski definition) is 5. The minimum Gasteiger partial charge on any atom is -0.497 e. The largest absolute Gasteiger partial charge is 0.497 e. The van der Waals surface area contributed by atoms with E-state index in [1.165, 1.54) is 13.3 Å². The van der Waals surface area contributed by atoms with Gasteiger partial charge in [0.25, 0.3) is 0 Å². The van der Waals surface area contributed by atoms with Gasteiger partial charge in [-0.2, -0.15) is 0 Å². The Labute approximate surface area is 174 Å². The third-order valence-corrected chi connectivity index (χ3v) is 5.43. The minimum atomic E-state index is -0.553. The maximum atomic E-state index is 12.9. The molecule has 6 nitrogen and oxygen atoms in total. The van der Waals surface area contributed by atoms with E-state index in [4.69, 9.17) is 9.47 Å². The maximum absolute atomic E-state index is 12.9. The Balaban J connectivity index is 1.50. The third kappa shape index (κ3) is 3.64. The lowest BCUT2D eigenvalue weighted by Gasteiger charge is -2.16. The van der Waals surface area contributed by atoms with E-state index in [0.29, 0.717) is 22.7 Å². The van der Waals surface area contributed by atoms with Gasteiger partial charge in [-0.3, -0.25) is 9.59 Å². The molecule has 0 atom stereocenters. The second kappa shape index (κ2) is 7.99. The van der Waals surface area contributed by atoms with Crippen LogP contribution in [0.15, 0.2) is 66.9 Å². The fourth-order valence-corrected chi connectivity index (χ4v) is 3.52. The van der Waals surface area contributed by atoms with Gasteiger partial charge in [0.05, 0.1) is 25.2 Å². The predicted molar refractivity (Wildman–Crippen MR) is 113 cm³/mol. The molecule has 1 N–H and O–H groups in total. The molecule has 1 saturated carbocycles. The molecular formula is C24H22N2O4. The van der Waals surface area contributed by atoms with E-state index in [9.17, 15) is 9.59 Å². The number of methoxy groups -OCH3 is 2. The number of nitrogens with zero attached hydrogens (tertiary/aromatic N) is 1. The molecule has 1 aliphatic rings. The standard InChI is InChI=1S/C24H22N2O4/c1-29-18-7-5-6-17(14-18)24(12-13-24)23(28)26-21-11-10-16(15-25-21)22(27)19-8-3-4-9-20(19)30-2/h3-11,14-15H,12-13H2,1-2H3,(H,25,26,28). The first kappa shape index (κ1) is 19.6. The number of ketones is 1. The second-order valence-corrected chi connectivity index (χ2v) is 7.23. The number of anilines is 1. The van der Waals surface area contributed by atoms with Crippen LogP contribution in [0.5, 0.6) is 11.5 Å². The molecule has 1 aliphatic carbocycles.